The first-order valence-corrected chi connectivity index (χ1v) is 7.98. The largest absolute Gasteiger partial charge is 0.373 e. The van der Waals surface area contributed by atoms with Crippen LogP contribution in [0.4, 0.5) is 0 Å². The summed E-state index contributed by atoms with van der Waals surface area (Å²) >= 11 is 0. The van der Waals surface area contributed by atoms with Crippen molar-refractivity contribution in [1.82, 2.24) is 10.2 Å². The van der Waals surface area contributed by atoms with Gasteiger partial charge in [0.25, 0.3) is 0 Å². The minimum absolute atomic E-state index is 0.0230. The van der Waals surface area contributed by atoms with E-state index < -0.39 is 0 Å². The van der Waals surface area contributed by atoms with Crippen molar-refractivity contribution in [3.05, 3.63) is 35.9 Å². The molecule has 2 atom stereocenters. The first kappa shape index (κ1) is 15.0. The van der Waals surface area contributed by atoms with E-state index in [2.05, 4.69) is 5.32 Å². The summed E-state index contributed by atoms with van der Waals surface area (Å²) in [7, 11) is 0. The second-order valence-electron chi connectivity index (χ2n) is 5.88. The van der Waals surface area contributed by atoms with Crippen molar-refractivity contribution in [2.75, 3.05) is 26.2 Å². The highest BCUT2D eigenvalue weighted by atomic mass is 16.5. The topological polar surface area (TPSA) is 58.6 Å². The summed E-state index contributed by atoms with van der Waals surface area (Å²) in [6.45, 7) is 2.32. The molecule has 1 aromatic rings. The van der Waals surface area contributed by atoms with Gasteiger partial charge in [-0.05, 0) is 18.4 Å². The number of amides is 2. The van der Waals surface area contributed by atoms with Gasteiger partial charge >= 0.3 is 0 Å². The first-order chi connectivity index (χ1) is 10.8. The van der Waals surface area contributed by atoms with Crippen LogP contribution in [0, 0.1) is 5.92 Å². The van der Waals surface area contributed by atoms with E-state index in [1.54, 1.807) is 0 Å². The van der Waals surface area contributed by atoms with E-state index in [0.29, 0.717) is 32.7 Å². The number of benzene rings is 1. The molecule has 0 aromatic heterocycles. The molecule has 2 fully saturated rings. The van der Waals surface area contributed by atoms with Crippen LogP contribution in [-0.2, 0) is 14.3 Å². The van der Waals surface area contributed by atoms with Gasteiger partial charge in [-0.2, -0.15) is 0 Å². The molecule has 0 spiro atoms. The fourth-order valence-corrected chi connectivity index (χ4v) is 3.23. The molecule has 118 valence electrons. The molecule has 5 heteroatoms. The fraction of sp³-hybridized carbons (Fsp3) is 0.529. The maximum atomic E-state index is 12.9. The molecule has 5 nitrogen and oxygen atoms in total. The SMILES string of the molecule is O=C1CCN(C(=O)[C@H]2CCCO[C@@H]2c2ccccc2)CCN1. The Labute approximate surface area is 130 Å². The summed E-state index contributed by atoms with van der Waals surface area (Å²) in [6.07, 6.45) is 1.96. The number of ether oxygens (including phenoxy) is 1. The Morgan fingerprint density at radius 2 is 2.05 bits per heavy atom. The Morgan fingerprint density at radius 3 is 2.86 bits per heavy atom. The van der Waals surface area contributed by atoms with Crippen molar-refractivity contribution in [3.63, 3.8) is 0 Å². The lowest BCUT2D eigenvalue weighted by Gasteiger charge is -2.34. The maximum absolute atomic E-state index is 12.9. The van der Waals surface area contributed by atoms with Crippen LogP contribution >= 0.6 is 0 Å². The van der Waals surface area contributed by atoms with Gasteiger partial charge in [-0.3, -0.25) is 9.59 Å². The molecule has 0 radical (unpaired) electrons. The number of carbonyl (C=O) groups is 2. The van der Waals surface area contributed by atoms with Gasteiger partial charge in [0.1, 0.15) is 0 Å². The van der Waals surface area contributed by atoms with Crippen LogP contribution in [-0.4, -0.2) is 43.0 Å². The lowest BCUT2D eigenvalue weighted by molar-refractivity contribution is -0.145. The summed E-state index contributed by atoms with van der Waals surface area (Å²) in [5, 5.41) is 2.81. The van der Waals surface area contributed by atoms with Crippen LogP contribution in [0.2, 0.25) is 0 Å². The number of hydrogen-bond acceptors (Lipinski definition) is 3. The van der Waals surface area contributed by atoms with Crippen LogP contribution in [0.3, 0.4) is 0 Å². The Hall–Kier alpha value is -1.88. The Balaban J connectivity index is 1.75. The van der Waals surface area contributed by atoms with Crippen molar-refractivity contribution in [2.24, 2.45) is 5.92 Å². The molecule has 0 saturated carbocycles. The van der Waals surface area contributed by atoms with Crippen molar-refractivity contribution in [3.8, 4) is 0 Å². The summed E-state index contributed by atoms with van der Waals surface area (Å²) in [4.78, 5) is 26.2. The zero-order valence-electron chi connectivity index (χ0n) is 12.7. The van der Waals surface area contributed by atoms with Gasteiger partial charge in [0, 0.05) is 32.7 Å². The van der Waals surface area contributed by atoms with Crippen LogP contribution in [0.5, 0.6) is 0 Å². The summed E-state index contributed by atoms with van der Waals surface area (Å²) in [5.41, 5.74) is 1.06. The molecule has 2 amide bonds. The second-order valence-corrected chi connectivity index (χ2v) is 5.88. The molecule has 3 rings (SSSR count). The van der Waals surface area contributed by atoms with E-state index in [4.69, 9.17) is 4.74 Å². The van der Waals surface area contributed by atoms with E-state index in [0.717, 1.165) is 18.4 Å². The van der Waals surface area contributed by atoms with Crippen LogP contribution in [0.1, 0.15) is 30.9 Å². The van der Waals surface area contributed by atoms with E-state index in [-0.39, 0.29) is 23.8 Å². The Kier molecular flexibility index (Phi) is 4.73. The molecule has 22 heavy (non-hydrogen) atoms. The Bertz CT molecular complexity index is 532. The number of hydrogen-bond donors (Lipinski definition) is 1. The summed E-state index contributed by atoms with van der Waals surface area (Å²) in [5.74, 6) is -0.00999. The third-order valence-electron chi connectivity index (χ3n) is 4.39. The van der Waals surface area contributed by atoms with Crippen molar-refractivity contribution in [2.45, 2.75) is 25.4 Å². The minimum atomic E-state index is -0.172. The van der Waals surface area contributed by atoms with Gasteiger partial charge in [-0.15, -0.1) is 0 Å². The lowest BCUT2D eigenvalue weighted by Crippen LogP contribution is -2.42. The van der Waals surface area contributed by atoms with Gasteiger partial charge in [-0.1, -0.05) is 30.3 Å². The van der Waals surface area contributed by atoms with Gasteiger partial charge in [0.2, 0.25) is 11.8 Å². The summed E-state index contributed by atoms with van der Waals surface area (Å²) in [6, 6.07) is 9.95. The molecular weight excluding hydrogens is 280 g/mol. The molecular formula is C17H22N2O3. The molecule has 1 N–H and O–H groups in total. The zero-order chi connectivity index (χ0) is 15.4. The van der Waals surface area contributed by atoms with E-state index in [9.17, 15) is 9.59 Å². The predicted octanol–water partition coefficient (Wildman–Crippen LogP) is 1.50. The van der Waals surface area contributed by atoms with Crippen molar-refractivity contribution < 1.29 is 14.3 Å². The molecule has 0 aliphatic carbocycles. The maximum Gasteiger partial charge on any atom is 0.228 e. The van der Waals surface area contributed by atoms with E-state index in [1.807, 2.05) is 35.2 Å². The number of nitrogens with zero attached hydrogens (tertiary/aromatic N) is 1. The second kappa shape index (κ2) is 6.92. The standard InChI is InChI=1S/C17H22N2O3/c20-15-8-10-19(11-9-18-15)17(21)14-7-4-12-22-16(14)13-5-2-1-3-6-13/h1-3,5-6,14,16H,4,7-12H2,(H,18,20)/t14-,16+/m0/s1. The highest BCUT2D eigenvalue weighted by Gasteiger charge is 2.36. The zero-order valence-corrected chi connectivity index (χ0v) is 12.7. The van der Waals surface area contributed by atoms with Crippen molar-refractivity contribution in [1.29, 1.82) is 0 Å². The predicted molar refractivity (Wildman–Crippen MR) is 82.1 cm³/mol. The number of carbonyl (C=O) groups excluding carboxylic acids is 2. The smallest absolute Gasteiger partial charge is 0.228 e. The first-order valence-electron chi connectivity index (χ1n) is 7.98. The molecule has 2 heterocycles. The van der Waals surface area contributed by atoms with Gasteiger partial charge in [0.05, 0.1) is 12.0 Å². The monoisotopic (exact) mass is 302 g/mol. The van der Waals surface area contributed by atoms with Crippen LogP contribution in [0.15, 0.2) is 30.3 Å². The van der Waals surface area contributed by atoms with Crippen molar-refractivity contribution >= 4 is 11.8 Å². The normalized spacial score (nSPS) is 26.2. The number of rotatable bonds is 2. The van der Waals surface area contributed by atoms with Crippen LogP contribution < -0.4 is 5.32 Å². The summed E-state index contributed by atoms with van der Waals surface area (Å²) < 4.78 is 5.91. The third kappa shape index (κ3) is 3.30. The molecule has 2 aliphatic rings. The van der Waals surface area contributed by atoms with E-state index in [1.165, 1.54) is 0 Å². The highest BCUT2D eigenvalue weighted by molar-refractivity contribution is 5.82. The lowest BCUT2D eigenvalue weighted by atomic mass is 9.88. The fourth-order valence-electron chi connectivity index (χ4n) is 3.23. The average molecular weight is 302 g/mol. The van der Waals surface area contributed by atoms with Crippen LogP contribution in [0.25, 0.3) is 0 Å². The molecule has 0 unspecified atom stereocenters. The molecule has 0 bridgehead atoms. The quantitative estimate of drug-likeness (QED) is 0.901. The third-order valence-corrected chi connectivity index (χ3v) is 4.39. The average Bonchev–Trinajstić information content (AvgIpc) is 2.80. The molecule has 1 aromatic carbocycles. The van der Waals surface area contributed by atoms with Gasteiger partial charge in [0.15, 0.2) is 0 Å². The molecule has 2 aliphatic heterocycles. The minimum Gasteiger partial charge on any atom is -0.373 e. The molecule has 2 saturated heterocycles. The van der Waals surface area contributed by atoms with Gasteiger partial charge in [-0.25, -0.2) is 0 Å². The van der Waals surface area contributed by atoms with E-state index >= 15 is 0 Å². The Morgan fingerprint density at radius 1 is 1.23 bits per heavy atom. The van der Waals surface area contributed by atoms with Gasteiger partial charge < -0.3 is 15.0 Å². The number of nitrogens with one attached hydrogen (secondary N) is 1. The highest BCUT2D eigenvalue weighted by Crippen LogP contribution is 2.34.